The minimum absolute atomic E-state index is 0.0128. The van der Waals surface area contributed by atoms with Crippen LogP contribution >= 0.6 is 0 Å². The molecule has 2 aliphatic rings. The number of rotatable bonds is 1. The SMILES string of the molecule is O=C1c2cc(N3CCOCC3)ccc2-c2c1cc(O)c1ccccc21. The molecule has 1 aliphatic carbocycles. The molecule has 0 amide bonds. The molecule has 3 aromatic carbocycles. The molecule has 0 bridgehead atoms. The fourth-order valence-electron chi connectivity index (χ4n) is 3.93. The van der Waals surface area contributed by atoms with E-state index in [4.69, 9.17) is 4.74 Å². The molecule has 0 atom stereocenters. The second-order valence-corrected chi connectivity index (χ2v) is 6.52. The summed E-state index contributed by atoms with van der Waals surface area (Å²) < 4.78 is 5.41. The van der Waals surface area contributed by atoms with Gasteiger partial charge in [0.25, 0.3) is 0 Å². The number of hydrogen-bond acceptors (Lipinski definition) is 4. The van der Waals surface area contributed by atoms with Crippen LogP contribution in [0.25, 0.3) is 21.9 Å². The van der Waals surface area contributed by atoms with Gasteiger partial charge in [0, 0.05) is 40.9 Å². The summed E-state index contributed by atoms with van der Waals surface area (Å²) in [6.07, 6.45) is 0. The first-order valence-electron chi connectivity index (χ1n) is 8.50. The molecule has 0 unspecified atom stereocenters. The molecule has 25 heavy (non-hydrogen) atoms. The van der Waals surface area contributed by atoms with Gasteiger partial charge in [-0.1, -0.05) is 30.3 Å². The fraction of sp³-hybridized carbons (Fsp3) is 0.190. The first kappa shape index (κ1) is 14.5. The number of anilines is 1. The van der Waals surface area contributed by atoms with Crippen LogP contribution in [0, 0.1) is 0 Å². The zero-order valence-electron chi connectivity index (χ0n) is 13.7. The van der Waals surface area contributed by atoms with Crippen molar-refractivity contribution in [1.82, 2.24) is 0 Å². The smallest absolute Gasteiger partial charge is 0.194 e. The fourth-order valence-corrected chi connectivity index (χ4v) is 3.93. The summed E-state index contributed by atoms with van der Waals surface area (Å²) in [6, 6.07) is 15.4. The quantitative estimate of drug-likeness (QED) is 0.579. The van der Waals surface area contributed by atoms with Crippen LogP contribution in [0.5, 0.6) is 5.75 Å². The van der Waals surface area contributed by atoms with E-state index in [0.717, 1.165) is 46.2 Å². The summed E-state index contributed by atoms with van der Waals surface area (Å²) in [5.41, 5.74) is 4.24. The van der Waals surface area contributed by atoms with Gasteiger partial charge in [-0.2, -0.15) is 0 Å². The third-order valence-electron chi connectivity index (χ3n) is 5.16. The lowest BCUT2D eigenvalue weighted by Crippen LogP contribution is -2.36. The Balaban J connectivity index is 1.71. The van der Waals surface area contributed by atoms with Crippen LogP contribution in [0.4, 0.5) is 5.69 Å². The maximum absolute atomic E-state index is 13.0. The molecule has 1 fully saturated rings. The predicted octanol–water partition coefficient (Wildman–Crippen LogP) is 3.59. The van der Waals surface area contributed by atoms with Crippen LogP contribution in [0.2, 0.25) is 0 Å². The van der Waals surface area contributed by atoms with Crippen molar-refractivity contribution >= 4 is 22.2 Å². The van der Waals surface area contributed by atoms with Crippen LogP contribution in [0.1, 0.15) is 15.9 Å². The van der Waals surface area contributed by atoms with Crippen molar-refractivity contribution in [1.29, 1.82) is 0 Å². The highest BCUT2D eigenvalue weighted by Crippen LogP contribution is 2.45. The summed E-state index contributed by atoms with van der Waals surface area (Å²) in [4.78, 5) is 15.2. The lowest BCUT2D eigenvalue weighted by molar-refractivity contribution is 0.104. The molecule has 124 valence electrons. The monoisotopic (exact) mass is 331 g/mol. The Hall–Kier alpha value is -2.85. The minimum atomic E-state index is -0.0128. The molecule has 1 N–H and O–H groups in total. The van der Waals surface area contributed by atoms with Gasteiger partial charge in [-0.3, -0.25) is 4.79 Å². The standard InChI is InChI=1S/C21H17NO3/c23-19-12-18-20(15-4-2-1-3-14(15)19)16-6-5-13(11-17(16)21(18)24)22-7-9-25-10-8-22/h1-6,11-12,23H,7-10H2. The van der Waals surface area contributed by atoms with Crippen molar-refractivity contribution in [2.24, 2.45) is 0 Å². The molecule has 5 rings (SSSR count). The number of phenols is 1. The van der Waals surface area contributed by atoms with Gasteiger partial charge >= 0.3 is 0 Å². The van der Waals surface area contributed by atoms with E-state index in [1.165, 1.54) is 0 Å². The lowest BCUT2D eigenvalue weighted by atomic mass is 9.97. The molecule has 0 saturated carbocycles. The number of ketones is 1. The third kappa shape index (κ3) is 2.07. The van der Waals surface area contributed by atoms with Gasteiger partial charge in [0.1, 0.15) is 5.75 Å². The molecule has 3 aromatic rings. The molecular weight excluding hydrogens is 314 g/mol. The first-order valence-corrected chi connectivity index (χ1v) is 8.50. The van der Waals surface area contributed by atoms with Gasteiger partial charge < -0.3 is 14.7 Å². The van der Waals surface area contributed by atoms with Gasteiger partial charge in [-0.25, -0.2) is 0 Å². The average Bonchev–Trinajstić information content (AvgIpc) is 2.95. The van der Waals surface area contributed by atoms with E-state index >= 15 is 0 Å². The minimum Gasteiger partial charge on any atom is -0.507 e. The third-order valence-corrected chi connectivity index (χ3v) is 5.16. The number of hydrogen-bond donors (Lipinski definition) is 1. The molecular formula is C21H17NO3. The molecule has 4 nitrogen and oxygen atoms in total. The van der Waals surface area contributed by atoms with Crippen LogP contribution < -0.4 is 4.90 Å². The van der Waals surface area contributed by atoms with Crippen LogP contribution in [0.3, 0.4) is 0 Å². The Labute approximate surface area is 145 Å². The Kier molecular flexibility index (Phi) is 3.09. The second kappa shape index (κ2) is 5.33. The molecule has 0 radical (unpaired) electrons. The summed E-state index contributed by atoms with van der Waals surface area (Å²) in [6.45, 7) is 3.10. The Morgan fingerprint density at radius 2 is 1.64 bits per heavy atom. The number of morpholine rings is 1. The summed E-state index contributed by atoms with van der Waals surface area (Å²) in [7, 11) is 0. The number of phenolic OH excluding ortho intramolecular Hbond substituents is 1. The van der Waals surface area contributed by atoms with Crippen LogP contribution in [0.15, 0.2) is 48.5 Å². The number of fused-ring (bicyclic) bond motifs is 5. The van der Waals surface area contributed by atoms with Gasteiger partial charge in [-0.05, 0) is 29.1 Å². The van der Waals surface area contributed by atoms with E-state index < -0.39 is 0 Å². The van der Waals surface area contributed by atoms with Crippen molar-refractivity contribution in [3.05, 3.63) is 59.7 Å². The van der Waals surface area contributed by atoms with E-state index in [9.17, 15) is 9.90 Å². The lowest BCUT2D eigenvalue weighted by Gasteiger charge is -2.29. The predicted molar refractivity (Wildman–Crippen MR) is 97.5 cm³/mol. The Morgan fingerprint density at radius 3 is 2.44 bits per heavy atom. The van der Waals surface area contributed by atoms with E-state index in [0.29, 0.717) is 18.8 Å². The number of aromatic hydroxyl groups is 1. The second-order valence-electron chi connectivity index (χ2n) is 6.52. The maximum Gasteiger partial charge on any atom is 0.194 e. The molecule has 1 saturated heterocycles. The largest absolute Gasteiger partial charge is 0.507 e. The van der Waals surface area contributed by atoms with E-state index in [-0.39, 0.29) is 11.5 Å². The molecule has 1 heterocycles. The number of carbonyl (C=O) groups excluding carboxylic acids is 1. The highest BCUT2D eigenvalue weighted by atomic mass is 16.5. The molecule has 0 spiro atoms. The maximum atomic E-state index is 13.0. The van der Waals surface area contributed by atoms with Crippen molar-refractivity contribution in [2.75, 3.05) is 31.2 Å². The van der Waals surface area contributed by atoms with Gasteiger partial charge in [0.05, 0.1) is 13.2 Å². The van der Waals surface area contributed by atoms with Crippen molar-refractivity contribution in [2.45, 2.75) is 0 Å². The van der Waals surface area contributed by atoms with Gasteiger partial charge in [-0.15, -0.1) is 0 Å². The summed E-state index contributed by atoms with van der Waals surface area (Å²) in [5, 5.41) is 12.0. The topological polar surface area (TPSA) is 49.8 Å². The summed E-state index contributed by atoms with van der Waals surface area (Å²) >= 11 is 0. The van der Waals surface area contributed by atoms with Gasteiger partial charge in [0.15, 0.2) is 5.78 Å². The molecule has 0 aromatic heterocycles. The zero-order chi connectivity index (χ0) is 17.0. The van der Waals surface area contributed by atoms with Crippen molar-refractivity contribution in [3.63, 3.8) is 0 Å². The van der Waals surface area contributed by atoms with Crippen LogP contribution in [-0.2, 0) is 4.74 Å². The van der Waals surface area contributed by atoms with E-state index in [1.807, 2.05) is 36.4 Å². The van der Waals surface area contributed by atoms with E-state index in [2.05, 4.69) is 11.0 Å². The van der Waals surface area contributed by atoms with E-state index in [1.54, 1.807) is 6.07 Å². The highest BCUT2D eigenvalue weighted by Gasteiger charge is 2.30. The average molecular weight is 331 g/mol. The first-order chi connectivity index (χ1) is 12.2. The Bertz CT molecular complexity index is 1020. The normalized spacial score (nSPS) is 16.2. The van der Waals surface area contributed by atoms with Crippen molar-refractivity contribution in [3.8, 4) is 16.9 Å². The number of ether oxygens (including phenoxy) is 1. The molecule has 1 aliphatic heterocycles. The highest BCUT2D eigenvalue weighted by molar-refractivity contribution is 6.27. The summed E-state index contributed by atoms with van der Waals surface area (Å²) in [5.74, 6) is 0.144. The van der Waals surface area contributed by atoms with Crippen LogP contribution in [-0.4, -0.2) is 37.2 Å². The van der Waals surface area contributed by atoms with Gasteiger partial charge in [0.2, 0.25) is 0 Å². The number of carbonyl (C=O) groups is 1. The number of benzene rings is 3. The molecule has 4 heteroatoms. The Morgan fingerprint density at radius 1 is 0.880 bits per heavy atom. The number of nitrogens with zero attached hydrogens (tertiary/aromatic N) is 1. The van der Waals surface area contributed by atoms with Crippen molar-refractivity contribution < 1.29 is 14.6 Å². The zero-order valence-corrected chi connectivity index (χ0v) is 13.7.